The lowest BCUT2D eigenvalue weighted by molar-refractivity contribution is 0.414. The molecular formula is C24H19N3O2S. The largest absolute Gasteiger partial charge is 0.497 e. The summed E-state index contributed by atoms with van der Waals surface area (Å²) < 4.78 is 6.94. The fraction of sp³-hybridized carbons (Fsp3) is 0.125. The van der Waals surface area contributed by atoms with Gasteiger partial charge in [0.1, 0.15) is 5.75 Å². The summed E-state index contributed by atoms with van der Waals surface area (Å²) in [6.07, 6.45) is 0. The minimum absolute atomic E-state index is 0.0567. The summed E-state index contributed by atoms with van der Waals surface area (Å²) in [4.78, 5) is 18.0. The molecule has 0 atom stereocenters. The number of fused-ring (bicyclic) bond motifs is 1. The van der Waals surface area contributed by atoms with Crippen molar-refractivity contribution in [2.75, 3.05) is 7.11 Å². The molecule has 3 aromatic carbocycles. The van der Waals surface area contributed by atoms with Gasteiger partial charge in [0.25, 0.3) is 5.56 Å². The fourth-order valence-corrected chi connectivity index (χ4v) is 4.09. The first-order chi connectivity index (χ1) is 14.7. The van der Waals surface area contributed by atoms with Gasteiger partial charge in [0.05, 0.1) is 36.2 Å². The van der Waals surface area contributed by atoms with Crippen LogP contribution in [0.5, 0.6) is 5.75 Å². The molecule has 0 unspecified atom stereocenters. The van der Waals surface area contributed by atoms with Gasteiger partial charge in [-0.2, -0.15) is 5.26 Å². The van der Waals surface area contributed by atoms with Crippen molar-refractivity contribution in [3.05, 3.63) is 99.8 Å². The molecule has 0 saturated heterocycles. The third kappa shape index (κ3) is 4.22. The Bertz CT molecular complexity index is 1270. The Morgan fingerprint density at radius 3 is 2.40 bits per heavy atom. The Balaban J connectivity index is 1.69. The molecule has 0 fully saturated rings. The van der Waals surface area contributed by atoms with Crippen molar-refractivity contribution >= 4 is 22.7 Å². The van der Waals surface area contributed by atoms with E-state index in [2.05, 4.69) is 6.07 Å². The van der Waals surface area contributed by atoms with E-state index in [-0.39, 0.29) is 5.56 Å². The first kappa shape index (κ1) is 19.7. The van der Waals surface area contributed by atoms with Crippen LogP contribution in [0, 0.1) is 11.3 Å². The normalized spacial score (nSPS) is 10.7. The van der Waals surface area contributed by atoms with Crippen LogP contribution >= 0.6 is 11.8 Å². The lowest BCUT2D eigenvalue weighted by Crippen LogP contribution is -2.24. The molecule has 0 amide bonds. The maximum absolute atomic E-state index is 13.2. The summed E-state index contributed by atoms with van der Waals surface area (Å²) >= 11 is 1.51. The number of para-hydroxylation sites is 1. The number of benzene rings is 3. The van der Waals surface area contributed by atoms with Gasteiger partial charge in [-0.25, -0.2) is 4.98 Å². The van der Waals surface area contributed by atoms with Crippen LogP contribution in [0.4, 0.5) is 0 Å². The second-order valence-electron chi connectivity index (χ2n) is 6.75. The molecule has 0 aliphatic carbocycles. The molecule has 0 N–H and O–H groups in total. The average Bonchev–Trinajstić information content (AvgIpc) is 2.80. The van der Waals surface area contributed by atoms with Crippen molar-refractivity contribution in [2.24, 2.45) is 0 Å². The number of nitrogens with zero attached hydrogens (tertiary/aromatic N) is 3. The van der Waals surface area contributed by atoms with Gasteiger partial charge in [-0.15, -0.1) is 0 Å². The molecule has 4 aromatic rings. The summed E-state index contributed by atoms with van der Waals surface area (Å²) in [5.41, 5.74) is 3.33. The van der Waals surface area contributed by atoms with Gasteiger partial charge in [0.15, 0.2) is 5.16 Å². The van der Waals surface area contributed by atoms with Crippen molar-refractivity contribution in [1.29, 1.82) is 5.26 Å². The van der Waals surface area contributed by atoms with E-state index in [0.717, 1.165) is 16.9 Å². The molecule has 0 aliphatic heterocycles. The average molecular weight is 414 g/mol. The Hall–Kier alpha value is -3.56. The fourth-order valence-electron chi connectivity index (χ4n) is 3.13. The number of rotatable bonds is 6. The SMILES string of the molecule is COc1ccc(Cn2c(SCc3ccc(C#N)cc3)nc3ccccc3c2=O)cc1. The molecule has 148 valence electrons. The van der Waals surface area contributed by atoms with Crippen molar-refractivity contribution in [2.45, 2.75) is 17.5 Å². The van der Waals surface area contributed by atoms with Gasteiger partial charge in [-0.1, -0.05) is 48.2 Å². The Kier molecular flexibility index (Phi) is 5.82. The number of aromatic nitrogens is 2. The Labute approximate surface area is 178 Å². The van der Waals surface area contributed by atoms with E-state index in [1.807, 2.05) is 60.7 Å². The van der Waals surface area contributed by atoms with Crippen LogP contribution in [0.3, 0.4) is 0 Å². The molecule has 1 heterocycles. The number of hydrogen-bond donors (Lipinski definition) is 0. The molecule has 0 aliphatic rings. The van der Waals surface area contributed by atoms with E-state index < -0.39 is 0 Å². The lowest BCUT2D eigenvalue weighted by atomic mass is 10.2. The summed E-state index contributed by atoms with van der Waals surface area (Å²) in [5, 5.41) is 10.2. The summed E-state index contributed by atoms with van der Waals surface area (Å²) in [6.45, 7) is 0.427. The topological polar surface area (TPSA) is 67.9 Å². The number of hydrogen-bond acceptors (Lipinski definition) is 5. The van der Waals surface area contributed by atoms with E-state index in [1.54, 1.807) is 23.8 Å². The molecule has 0 spiro atoms. The van der Waals surface area contributed by atoms with E-state index in [0.29, 0.717) is 33.9 Å². The van der Waals surface area contributed by atoms with Crippen molar-refractivity contribution in [3.8, 4) is 11.8 Å². The number of ether oxygens (including phenoxy) is 1. The molecule has 0 bridgehead atoms. The highest BCUT2D eigenvalue weighted by atomic mass is 32.2. The van der Waals surface area contributed by atoms with Crippen molar-refractivity contribution in [1.82, 2.24) is 9.55 Å². The minimum atomic E-state index is -0.0567. The van der Waals surface area contributed by atoms with Crippen LogP contribution in [0.25, 0.3) is 10.9 Å². The maximum atomic E-state index is 13.2. The van der Waals surface area contributed by atoms with E-state index in [9.17, 15) is 4.79 Å². The van der Waals surface area contributed by atoms with Gasteiger partial charge >= 0.3 is 0 Å². The number of methoxy groups -OCH3 is 1. The molecular weight excluding hydrogens is 394 g/mol. The smallest absolute Gasteiger partial charge is 0.262 e. The standard InChI is InChI=1S/C24H19N3O2S/c1-29-20-12-10-18(11-13-20)15-27-23(28)21-4-2-3-5-22(21)26-24(27)30-16-19-8-6-17(14-25)7-9-19/h2-13H,15-16H2,1H3. The summed E-state index contributed by atoms with van der Waals surface area (Å²) in [7, 11) is 1.63. The highest BCUT2D eigenvalue weighted by Gasteiger charge is 2.12. The van der Waals surface area contributed by atoms with E-state index >= 15 is 0 Å². The van der Waals surface area contributed by atoms with Crippen LogP contribution < -0.4 is 10.3 Å². The van der Waals surface area contributed by atoms with Gasteiger partial charge < -0.3 is 4.74 Å². The third-order valence-corrected chi connectivity index (χ3v) is 5.82. The van der Waals surface area contributed by atoms with Crippen molar-refractivity contribution in [3.63, 3.8) is 0 Å². The summed E-state index contributed by atoms with van der Waals surface area (Å²) in [5.74, 6) is 1.43. The third-order valence-electron chi connectivity index (χ3n) is 4.78. The molecule has 0 saturated carbocycles. The molecule has 4 rings (SSSR count). The lowest BCUT2D eigenvalue weighted by Gasteiger charge is -2.13. The predicted octanol–water partition coefficient (Wildman–Crippen LogP) is 4.62. The number of thioether (sulfide) groups is 1. The predicted molar refractivity (Wildman–Crippen MR) is 119 cm³/mol. The van der Waals surface area contributed by atoms with E-state index in [4.69, 9.17) is 15.0 Å². The zero-order valence-electron chi connectivity index (χ0n) is 16.4. The first-order valence-corrected chi connectivity index (χ1v) is 10.4. The summed E-state index contributed by atoms with van der Waals surface area (Å²) in [6, 6.07) is 24.7. The van der Waals surface area contributed by atoms with Crippen LogP contribution in [0.2, 0.25) is 0 Å². The maximum Gasteiger partial charge on any atom is 0.262 e. The molecule has 6 heteroatoms. The van der Waals surface area contributed by atoms with Gasteiger partial charge in [0, 0.05) is 5.75 Å². The van der Waals surface area contributed by atoms with Gasteiger partial charge in [-0.3, -0.25) is 9.36 Å². The molecule has 0 radical (unpaired) electrons. The Morgan fingerprint density at radius 1 is 1.00 bits per heavy atom. The van der Waals surface area contributed by atoms with Crippen LogP contribution in [0.1, 0.15) is 16.7 Å². The van der Waals surface area contributed by atoms with E-state index in [1.165, 1.54) is 11.8 Å². The zero-order chi connectivity index (χ0) is 20.9. The highest BCUT2D eigenvalue weighted by Crippen LogP contribution is 2.23. The highest BCUT2D eigenvalue weighted by molar-refractivity contribution is 7.98. The van der Waals surface area contributed by atoms with Crippen LogP contribution in [0.15, 0.2) is 82.7 Å². The molecule has 1 aromatic heterocycles. The van der Waals surface area contributed by atoms with Gasteiger partial charge in [-0.05, 0) is 47.5 Å². The quantitative estimate of drug-likeness (QED) is 0.341. The van der Waals surface area contributed by atoms with Crippen LogP contribution in [-0.2, 0) is 12.3 Å². The second-order valence-corrected chi connectivity index (χ2v) is 7.69. The van der Waals surface area contributed by atoms with Crippen LogP contribution in [-0.4, -0.2) is 16.7 Å². The second kappa shape index (κ2) is 8.85. The van der Waals surface area contributed by atoms with Gasteiger partial charge in [0.2, 0.25) is 0 Å². The monoisotopic (exact) mass is 413 g/mol. The van der Waals surface area contributed by atoms with Crippen molar-refractivity contribution < 1.29 is 4.74 Å². The minimum Gasteiger partial charge on any atom is -0.497 e. The molecule has 5 nitrogen and oxygen atoms in total. The first-order valence-electron chi connectivity index (χ1n) is 9.42. The zero-order valence-corrected chi connectivity index (χ0v) is 17.2. The Morgan fingerprint density at radius 2 is 1.70 bits per heavy atom. The number of nitriles is 1. The molecule has 30 heavy (non-hydrogen) atoms.